The molecule has 0 spiro atoms. The number of hydrogen-bond donors (Lipinski definition) is 2. The molecule has 0 saturated heterocycles. The summed E-state index contributed by atoms with van der Waals surface area (Å²) in [6.45, 7) is -0.0875. The zero-order valence-electron chi connectivity index (χ0n) is 11.7. The molecule has 1 atom stereocenters. The van der Waals surface area contributed by atoms with Crippen molar-refractivity contribution < 1.29 is 13.5 Å². The van der Waals surface area contributed by atoms with E-state index in [1.54, 1.807) is 30.9 Å². The Balaban J connectivity index is 2.01. The standard InChI is InChI=1S/C13H17N3O3S2/c1-16-9-12(7-14-16)21(18,19)15-8-13(17)10-3-5-11(20-2)6-4-10/h3-7,9,13,15,17H,8H2,1-2H3. The summed E-state index contributed by atoms with van der Waals surface area (Å²) >= 11 is 1.60. The molecular formula is C13H17N3O3S2. The summed E-state index contributed by atoms with van der Waals surface area (Å²) in [5.74, 6) is 0. The number of thioether (sulfide) groups is 1. The molecule has 2 N–H and O–H groups in total. The van der Waals surface area contributed by atoms with Gasteiger partial charge in [0.1, 0.15) is 4.90 Å². The lowest BCUT2D eigenvalue weighted by molar-refractivity contribution is 0.182. The Morgan fingerprint density at radius 1 is 1.38 bits per heavy atom. The predicted octanol–water partition coefficient (Wildman–Crippen LogP) is 1.15. The molecule has 0 aliphatic carbocycles. The second kappa shape index (κ2) is 6.61. The number of aryl methyl sites for hydroxylation is 1. The van der Waals surface area contributed by atoms with Crippen molar-refractivity contribution in [2.45, 2.75) is 15.9 Å². The Kier molecular flexibility index (Phi) is 5.04. The fourth-order valence-electron chi connectivity index (χ4n) is 1.75. The number of nitrogens with zero attached hydrogens (tertiary/aromatic N) is 2. The van der Waals surface area contributed by atoms with Crippen molar-refractivity contribution in [3.8, 4) is 0 Å². The average Bonchev–Trinajstić information content (AvgIpc) is 2.92. The number of rotatable bonds is 6. The van der Waals surface area contributed by atoms with E-state index in [-0.39, 0.29) is 11.4 Å². The molecule has 0 aliphatic heterocycles. The molecule has 1 aromatic heterocycles. The Bertz CT molecular complexity index is 696. The van der Waals surface area contributed by atoms with Gasteiger partial charge in [0.25, 0.3) is 0 Å². The molecule has 21 heavy (non-hydrogen) atoms. The first-order valence-corrected chi connectivity index (χ1v) is 8.93. The molecule has 2 aromatic rings. The first kappa shape index (κ1) is 16.0. The summed E-state index contributed by atoms with van der Waals surface area (Å²) in [5, 5.41) is 13.9. The number of aliphatic hydroxyl groups is 1. The average molecular weight is 327 g/mol. The minimum atomic E-state index is -3.65. The molecule has 0 bridgehead atoms. The fourth-order valence-corrected chi connectivity index (χ4v) is 3.18. The monoisotopic (exact) mass is 327 g/mol. The third-order valence-electron chi connectivity index (χ3n) is 2.96. The highest BCUT2D eigenvalue weighted by Gasteiger charge is 2.18. The van der Waals surface area contributed by atoms with Gasteiger partial charge in [-0.25, -0.2) is 13.1 Å². The molecule has 1 heterocycles. The third kappa shape index (κ3) is 4.07. The highest BCUT2D eigenvalue weighted by molar-refractivity contribution is 7.98. The van der Waals surface area contributed by atoms with Crippen LogP contribution in [0, 0.1) is 0 Å². The van der Waals surface area contributed by atoms with Crippen molar-refractivity contribution in [3.63, 3.8) is 0 Å². The quantitative estimate of drug-likeness (QED) is 0.778. The zero-order valence-corrected chi connectivity index (χ0v) is 13.4. The van der Waals surface area contributed by atoms with Crippen molar-refractivity contribution in [1.29, 1.82) is 0 Å². The molecular weight excluding hydrogens is 310 g/mol. The summed E-state index contributed by atoms with van der Waals surface area (Å²) in [7, 11) is -2.01. The SMILES string of the molecule is CSc1ccc(C(O)CNS(=O)(=O)c2cnn(C)c2)cc1. The summed E-state index contributed by atoms with van der Waals surface area (Å²) < 4.78 is 27.8. The lowest BCUT2D eigenvalue weighted by atomic mass is 10.1. The van der Waals surface area contributed by atoms with E-state index in [1.807, 2.05) is 18.4 Å². The lowest BCUT2D eigenvalue weighted by Gasteiger charge is -2.12. The maximum atomic E-state index is 12.0. The van der Waals surface area contributed by atoms with Gasteiger partial charge in [0.05, 0.1) is 12.3 Å². The van der Waals surface area contributed by atoms with E-state index in [1.165, 1.54) is 17.1 Å². The number of sulfonamides is 1. The molecule has 1 aromatic carbocycles. The number of nitrogens with one attached hydrogen (secondary N) is 1. The summed E-state index contributed by atoms with van der Waals surface area (Å²) in [6.07, 6.45) is 3.74. The molecule has 0 saturated carbocycles. The van der Waals surface area contributed by atoms with Gasteiger partial charge in [0.2, 0.25) is 10.0 Å². The van der Waals surface area contributed by atoms with Gasteiger partial charge in [-0.15, -0.1) is 11.8 Å². The molecule has 8 heteroatoms. The first-order valence-electron chi connectivity index (χ1n) is 6.22. The highest BCUT2D eigenvalue weighted by atomic mass is 32.2. The summed E-state index contributed by atoms with van der Waals surface area (Å²) in [4.78, 5) is 1.16. The van der Waals surface area contributed by atoms with Gasteiger partial charge >= 0.3 is 0 Å². The van der Waals surface area contributed by atoms with Crippen LogP contribution in [0.25, 0.3) is 0 Å². The maximum Gasteiger partial charge on any atom is 0.243 e. The predicted molar refractivity (Wildman–Crippen MR) is 81.6 cm³/mol. The van der Waals surface area contributed by atoms with Crippen molar-refractivity contribution in [2.75, 3.05) is 12.8 Å². The van der Waals surface area contributed by atoms with Crippen LogP contribution in [-0.2, 0) is 17.1 Å². The number of aromatic nitrogens is 2. The van der Waals surface area contributed by atoms with Crippen LogP contribution in [0.2, 0.25) is 0 Å². The van der Waals surface area contributed by atoms with Gasteiger partial charge in [-0.2, -0.15) is 5.10 Å². The van der Waals surface area contributed by atoms with E-state index in [4.69, 9.17) is 0 Å². The van der Waals surface area contributed by atoms with E-state index in [0.29, 0.717) is 5.56 Å². The molecule has 1 unspecified atom stereocenters. The second-order valence-corrected chi connectivity index (χ2v) is 7.14. The van der Waals surface area contributed by atoms with E-state index < -0.39 is 16.1 Å². The van der Waals surface area contributed by atoms with E-state index in [2.05, 4.69) is 9.82 Å². The summed E-state index contributed by atoms with van der Waals surface area (Å²) in [6, 6.07) is 7.35. The van der Waals surface area contributed by atoms with Crippen molar-refractivity contribution in [3.05, 3.63) is 42.2 Å². The Hall–Kier alpha value is -1.35. The van der Waals surface area contributed by atoms with Gasteiger partial charge in [0, 0.05) is 24.7 Å². The minimum Gasteiger partial charge on any atom is -0.387 e. The third-order valence-corrected chi connectivity index (χ3v) is 5.08. The van der Waals surface area contributed by atoms with Crippen molar-refractivity contribution >= 4 is 21.8 Å². The van der Waals surface area contributed by atoms with E-state index in [9.17, 15) is 13.5 Å². The zero-order chi connectivity index (χ0) is 15.5. The molecule has 6 nitrogen and oxygen atoms in total. The molecule has 0 radical (unpaired) electrons. The number of hydrogen-bond acceptors (Lipinski definition) is 5. The normalized spacial score (nSPS) is 13.3. The van der Waals surface area contributed by atoms with Crippen LogP contribution >= 0.6 is 11.8 Å². The molecule has 114 valence electrons. The van der Waals surface area contributed by atoms with Crippen LogP contribution in [0.1, 0.15) is 11.7 Å². The largest absolute Gasteiger partial charge is 0.387 e. The van der Waals surface area contributed by atoms with Crippen molar-refractivity contribution in [1.82, 2.24) is 14.5 Å². The number of aliphatic hydroxyl groups excluding tert-OH is 1. The van der Waals surface area contributed by atoms with Crippen LogP contribution in [-0.4, -0.2) is 36.1 Å². The Morgan fingerprint density at radius 3 is 2.57 bits per heavy atom. The molecule has 0 fully saturated rings. The van der Waals surface area contributed by atoms with Gasteiger partial charge in [-0.05, 0) is 24.0 Å². The van der Waals surface area contributed by atoms with E-state index in [0.717, 1.165) is 4.90 Å². The van der Waals surface area contributed by atoms with Gasteiger partial charge in [0.15, 0.2) is 0 Å². The first-order chi connectivity index (χ1) is 9.92. The summed E-state index contributed by atoms with van der Waals surface area (Å²) in [5.41, 5.74) is 0.668. The van der Waals surface area contributed by atoms with Crippen LogP contribution in [0.3, 0.4) is 0 Å². The van der Waals surface area contributed by atoms with Crippen molar-refractivity contribution in [2.24, 2.45) is 7.05 Å². The van der Waals surface area contributed by atoms with Crippen LogP contribution < -0.4 is 4.72 Å². The molecule has 0 aliphatic rings. The van der Waals surface area contributed by atoms with E-state index >= 15 is 0 Å². The van der Waals surface area contributed by atoms with Gasteiger partial charge in [-0.1, -0.05) is 12.1 Å². The molecule has 0 amide bonds. The second-order valence-electron chi connectivity index (χ2n) is 4.49. The molecule has 2 rings (SSSR count). The van der Waals surface area contributed by atoms with Crippen LogP contribution in [0.5, 0.6) is 0 Å². The van der Waals surface area contributed by atoms with Crippen LogP contribution in [0.15, 0.2) is 46.5 Å². The smallest absolute Gasteiger partial charge is 0.243 e. The fraction of sp³-hybridized carbons (Fsp3) is 0.308. The highest BCUT2D eigenvalue weighted by Crippen LogP contribution is 2.19. The van der Waals surface area contributed by atoms with Gasteiger partial charge in [-0.3, -0.25) is 4.68 Å². The van der Waals surface area contributed by atoms with Crippen LogP contribution in [0.4, 0.5) is 0 Å². The number of benzene rings is 1. The Labute approximate surface area is 128 Å². The maximum absolute atomic E-state index is 12.0. The minimum absolute atomic E-state index is 0.0786. The topological polar surface area (TPSA) is 84.2 Å². The Morgan fingerprint density at radius 2 is 2.05 bits per heavy atom. The van der Waals surface area contributed by atoms with Gasteiger partial charge < -0.3 is 5.11 Å². The lowest BCUT2D eigenvalue weighted by Crippen LogP contribution is -2.28.